The number of carbonyl (C=O) groups excluding carboxylic acids is 1. The predicted molar refractivity (Wildman–Crippen MR) is 76.8 cm³/mol. The fourth-order valence-corrected chi connectivity index (χ4v) is 2.86. The minimum Gasteiger partial charge on any atom is -0.492 e. The van der Waals surface area contributed by atoms with Gasteiger partial charge in [-0.3, -0.25) is 9.69 Å². The molecule has 0 radical (unpaired) electrons. The van der Waals surface area contributed by atoms with Gasteiger partial charge in [0.25, 0.3) is 0 Å². The molecule has 1 aliphatic heterocycles. The van der Waals surface area contributed by atoms with Gasteiger partial charge in [0.05, 0.1) is 0 Å². The Morgan fingerprint density at radius 1 is 1.32 bits per heavy atom. The number of hydrogen-bond acceptors (Lipinski definition) is 3. The largest absolute Gasteiger partial charge is 0.492 e. The molecule has 0 saturated carbocycles. The van der Waals surface area contributed by atoms with E-state index in [0.717, 1.165) is 18.6 Å². The quantitative estimate of drug-likeness (QED) is 0.763. The second-order valence-corrected chi connectivity index (χ2v) is 5.41. The van der Waals surface area contributed by atoms with Gasteiger partial charge in [-0.2, -0.15) is 0 Å². The molecule has 0 bridgehead atoms. The Hall–Kier alpha value is -1.35. The van der Waals surface area contributed by atoms with Gasteiger partial charge in [0.1, 0.15) is 18.6 Å². The summed E-state index contributed by atoms with van der Waals surface area (Å²) in [5, 5.41) is 0. The van der Waals surface area contributed by atoms with Gasteiger partial charge in [0, 0.05) is 24.2 Å². The van der Waals surface area contributed by atoms with Crippen LogP contribution in [-0.4, -0.2) is 36.4 Å². The van der Waals surface area contributed by atoms with Crippen molar-refractivity contribution in [1.29, 1.82) is 0 Å². The van der Waals surface area contributed by atoms with Crippen molar-refractivity contribution in [2.75, 3.05) is 13.2 Å². The fraction of sp³-hybridized carbons (Fsp3) is 0.562. The van der Waals surface area contributed by atoms with Crippen LogP contribution in [0.25, 0.3) is 0 Å². The van der Waals surface area contributed by atoms with Crippen LogP contribution in [0.15, 0.2) is 24.3 Å². The third-order valence-corrected chi connectivity index (χ3v) is 3.99. The Kier molecular flexibility index (Phi) is 4.97. The number of nitrogens with zero attached hydrogens (tertiary/aromatic N) is 1. The predicted octanol–water partition coefficient (Wildman–Crippen LogP) is 3.14. The first-order valence-electron chi connectivity index (χ1n) is 7.14. The minimum atomic E-state index is 0.647. The van der Waals surface area contributed by atoms with Crippen molar-refractivity contribution in [2.45, 2.75) is 45.2 Å². The number of likely N-dealkylation sites (tertiary alicyclic amines) is 1. The summed E-state index contributed by atoms with van der Waals surface area (Å²) in [5.41, 5.74) is 0.664. The van der Waals surface area contributed by atoms with Crippen LogP contribution in [0.4, 0.5) is 0 Å². The van der Waals surface area contributed by atoms with Crippen molar-refractivity contribution in [1.82, 2.24) is 4.90 Å². The van der Waals surface area contributed by atoms with E-state index in [2.05, 4.69) is 18.7 Å². The third-order valence-electron chi connectivity index (χ3n) is 3.99. The molecule has 3 nitrogen and oxygen atoms in total. The molecule has 0 aliphatic carbocycles. The van der Waals surface area contributed by atoms with E-state index >= 15 is 0 Å². The molecule has 104 valence electrons. The van der Waals surface area contributed by atoms with Gasteiger partial charge in [0.15, 0.2) is 0 Å². The SMILES string of the molecule is C[C@H]1CCC[C@H](C)N1CCOc1cccc(C=O)c1. The smallest absolute Gasteiger partial charge is 0.150 e. The summed E-state index contributed by atoms with van der Waals surface area (Å²) in [6.45, 7) is 6.22. The highest BCUT2D eigenvalue weighted by Crippen LogP contribution is 2.22. The summed E-state index contributed by atoms with van der Waals surface area (Å²) in [7, 11) is 0. The molecule has 0 spiro atoms. The molecule has 1 saturated heterocycles. The lowest BCUT2D eigenvalue weighted by Gasteiger charge is -2.38. The van der Waals surface area contributed by atoms with Gasteiger partial charge in [-0.15, -0.1) is 0 Å². The van der Waals surface area contributed by atoms with Gasteiger partial charge in [-0.05, 0) is 38.8 Å². The summed E-state index contributed by atoms with van der Waals surface area (Å²) in [4.78, 5) is 13.2. The minimum absolute atomic E-state index is 0.647. The van der Waals surface area contributed by atoms with Crippen LogP contribution >= 0.6 is 0 Å². The molecule has 0 unspecified atom stereocenters. The summed E-state index contributed by atoms with van der Waals surface area (Å²) in [6.07, 6.45) is 4.75. The summed E-state index contributed by atoms with van der Waals surface area (Å²) in [5.74, 6) is 0.780. The molecule has 1 aromatic carbocycles. The van der Waals surface area contributed by atoms with E-state index in [-0.39, 0.29) is 0 Å². The Morgan fingerprint density at radius 2 is 2.05 bits per heavy atom. The third kappa shape index (κ3) is 3.80. The molecule has 2 atom stereocenters. The van der Waals surface area contributed by atoms with E-state index in [4.69, 9.17) is 4.74 Å². The highest BCUT2D eigenvalue weighted by molar-refractivity contribution is 5.75. The van der Waals surface area contributed by atoms with Crippen molar-refractivity contribution in [2.24, 2.45) is 0 Å². The zero-order chi connectivity index (χ0) is 13.7. The molecule has 19 heavy (non-hydrogen) atoms. The topological polar surface area (TPSA) is 29.5 Å². The lowest BCUT2D eigenvalue weighted by atomic mass is 9.98. The first kappa shape index (κ1) is 14.1. The number of hydrogen-bond donors (Lipinski definition) is 0. The van der Waals surface area contributed by atoms with Crippen LogP contribution in [0.3, 0.4) is 0 Å². The second kappa shape index (κ2) is 6.71. The number of carbonyl (C=O) groups is 1. The second-order valence-electron chi connectivity index (χ2n) is 5.41. The van der Waals surface area contributed by atoms with Crippen LogP contribution in [-0.2, 0) is 0 Å². The van der Waals surface area contributed by atoms with E-state index in [1.165, 1.54) is 19.3 Å². The Bertz CT molecular complexity index is 409. The molecule has 3 heteroatoms. The molecule has 1 fully saturated rings. The van der Waals surface area contributed by atoms with Crippen molar-refractivity contribution >= 4 is 6.29 Å². The molecule has 1 heterocycles. The number of benzene rings is 1. The summed E-state index contributed by atoms with van der Waals surface area (Å²) in [6, 6.07) is 8.62. The Labute approximate surface area is 115 Å². The maximum Gasteiger partial charge on any atom is 0.150 e. The normalized spacial score (nSPS) is 24.1. The van der Waals surface area contributed by atoms with Gasteiger partial charge in [-0.25, -0.2) is 0 Å². The number of piperidine rings is 1. The van der Waals surface area contributed by atoms with Gasteiger partial charge in [-0.1, -0.05) is 18.6 Å². The molecular weight excluding hydrogens is 238 g/mol. The van der Waals surface area contributed by atoms with E-state index in [1.54, 1.807) is 12.1 Å². The van der Waals surface area contributed by atoms with Gasteiger partial charge < -0.3 is 4.74 Å². The molecule has 0 N–H and O–H groups in total. The van der Waals surface area contributed by atoms with Crippen LogP contribution in [0.1, 0.15) is 43.5 Å². The highest BCUT2D eigenvalue weighted by Gasteiger charge is 2.23. The van der Waals surface area contributed by atoms with Crippen molar-refractivity contribution in [3.05, 3.63) is 29.8 Å². The maximum atomic E-state index is 10.7. The first-order valence-corrected chi connectivity index (χ1v) is 7.14. The van der Waals surface area contributed by atoms with E-state index in [9.17, 15) is 4.79 Å². The highest BCUT2D eigenvalue weighted by atomic mass is 16.5. The number of ether oxygens (including phenoxy) is 1. The van der Waals surface area contributed by atoms with Gasteiger partial charge >= 0.3 is 0 Å². The van der Waals surface area contributed by atoms with E-state index in [1.807, 2.05) is 12.1 Å². The Morgan fingerprint density at radius 3 is 2.74 bits per heavy atom. The number of rotatable bonds is 5. The molecule has 0 amide bonds. The number of aldehydes is 1. The van der Waals surface area contributed by atoms with Crippen LogP contribution in [0, 0.1) is 0 Å². The molecule has 1 aliphatic rings. The van der Waals surface area contributed by atoms with Crippen molar-refractivity contribution < 1.29 is 9.53 Å². The first-order chi connectivity index (χ1) is 9.20. The van der Waals surface area contributed by atoms with E-state index < -0.39 is 0 Å². The van der Waals surface area contributed by atoms with E-state index in [0.29, 0.717) is 24.3 Å². The Balaban J connectivity index is 1.83. The zero-order valence-corrected chi connectivity index (χ0v) is 11.8. The van der Waals surface area contributed by atoms with Gasteiger partial charge in [0.2, 0.25) is 0 Å². The average molecular weight is 261 g/mol. The average Bonchev–Trinajstić information content (AvgIpc) is 2.42. The molecule has 0 aromatic heterocycles. The molecule has 1 aromatic rings. The lowest BCUT2D eigenvalue weighted by molar-refractivity contribution is 0.0851. The van der Waals surface area contributed by atoms with Crippen LogP contribution in [0.2, 0.25) is 0 Å². The molecule has 2 rings (SSSR count). The summed E-state index contributed by atoms with van der Waals surface area (Å²) < 4.78 is 5.75. The van der Waals surface area contributed by atoms with Crippen LogP contribution in [0.5, 0.6) is 5.75 Å². The fourth-order valence-electron chi connectivity index (χ4n) is 2.86. The lowest BCUT2D eigenvalue weighted by Crippen LogP contribution is -2.45. The zero-order valence-electron chi connectivity index (χ0n) is 11.8. The standard InChI is InChI=1S/C16H23NO2/c1-13-5-3-6-14(2)17(13)9-10-19-16-8-4-7-15(11-16)12-18/h4,7-8,11-14H,3,5-6,9-10H2,1-2H3/t13-,14-/m0/s1. The summed E-state index contributed by atoms with van der Waals surface area (Å²) >= 11 is 0. The van der Waals surface area contributed by atoms with Crippen molar-refractivity contribution in [3.63, 3.8) is 0 Å². The molecular formula is C16H23NO2. The van der Waals surface area contributed by atoms with Crippen molar-refractivity contribution in [3.8, 4) is 5.75 Å². The van der Waals surface area contributed by atoms with Crippen LogP contribution < -0.4 is 4.74 Å². The monoisotopic (exact) mass is 261 g/mol. The maximum absolute atomic E-state index is 10.7.